The molecule has 5 nitrogen and oxygen atoms in total. The van der Waals surface area contributed by atoms with E-state index >= 15 is 0 Å². The fourth-order valence-corrected chi connectivity index (χ4v) is 9.06. The molecule has 1 aromatic rings. The van der Waals surface area contributed by atoms with E-state index in [1.165, 1.54) is 24.8 Å². The smallest absolute Gasteiger partial charge is 0.166 e. The van der Waals surface area contributed by atoms with Crippen molar-refractivity contribution in [3.8, 4) is 11.5 Å². The highest BCUT2D eigenvalue weighted by Crippen LogP contribution is 2.74. The second-order valence-corrected chi connectivity index (χ2v) is 12.8. The van der Waals surface area contributed by atoms with Gasteiger partial charge in [-0.3, -0.25) is 0 Å². The minimum Gasteiger partial charge on any atom is -0.504 e. The molecule has 0 aromatic heterocycles. The van der Waals surface area contributed by atoms with Crippen LogP contribution in [0.2, 0.25) is 0 Å². The van der Waals surface area contributed by atoms with E-state index in [9.17, 15) is 15.3 Å². The molecule has 3 fully saturated rings. The first-order valence-electron chi connectivity index (χ1n) is 12.1. The van der Waals surface area contributed by atoms with Gasteiger partial charge in [0.05, 0.1) is 25.6 Å². The number of likely N-dealkylation sites (N-methyl/N-ethyl adjacent to an activating group) is 1. The first kappa shape index (κ1) is 20.3. The summed E-state index contributed by atoms with van der Waals surface area (Å²) in [6.45, 7) is 10.6. The van der Waals surface area contributed by atoms with E-state index in [0.717, 1.165) is 36.0 Å². The Bertz CT molecular complexity index is 1000. The van der Waals surface area contributed by atoms with Crippen molar-refractivity contribution in [3.05, 3.63) is 23.3 Å². The van der Waals surface area contributed by atoms with Crippen molar-refractivity contribution < 1.29 is 24.5 Å². The van der Waals surface area contributed by atoms with Crippen molar-refractivity contribution >= 4 is 0 Å². The average Bonchev–Trinajstić information content (AvgIpc) is 2.96. The van der Waals surface area contributed by atoms with Gasteiger partial charge >= 0.3 is 0 Å². The number of nitrogens with zero attached hydrogens (tertiary/aromatic N) is 1. The van der Waals surface area contributed by atoms with Crippen LogP contribution in [0.1, 0.15) is 77.3 Å². The third kappa shape index (κ3) is 1.87. The van der Waals surface area contributed by atoms with Crippen molar-refractivity contribution in [2.75, 3.05) is 20.1 Å². The Morgan fingerprint density at radius 2 is 1.71 bits per heavy atom. The predicted molar refractivity (Wildman–Crippen MR) is 118 cm³/mol. The minimum absolute atomic E-state index is 0.121. The molecule has 2 bridgehead atoms. The fraction of sp³-hybridized carbons (Fsp3) is 0.769. The molecule has 1 aromatic carbocycles. The van der Waals surface area contributed by atoms with Gasteiger partial charge in [0, 0.05) is 23.8 Å². The number of benzene rings is 1. The number of aromatic hydroxyl groups is 1. The summed E-state index contributed by atoms with van der Waals surface area (Å²) in [5.41, 5.74) is -1.74. The second-order valence-electron chi connectivity index (χ2n) is 12.8. The van der Waals surface area contributed by atoms with Crippen LogP contribution in [0.4, 0.5) is 0 Å². The van der Waals surface area contributed by atoms with Gasteiger partial charge in [0.25, 0.3) is 0 Å². The lowest BCUT2D eigenvalue weighted by Gasteiger charge is -2.74. The Balaban J connectivity index is 1.64. The Morgan fingerprint density at radius 3 is 2.35 bits per heavy atom. The SMILES string of the molecule is CC1(C[N+]2(C)CCC34c5c6ccc(O)c5OC3(C)C(C)(O)CCC4(O)C2(C)C6)CCC1. The van der Waals surface area contributed by atoms with Crippen LogP contribution in [0.3, 0.4) is 0 Å². The topological polar surface area (TPSA) is 69.9 Å². The van der Waals surface area contributed by atoms with Crippen molar-refractivity contribution in [1.82, 2.24) is 0 Å². The van der Waals surface area contributed by atoms with E-state index in [4.69, 9.17) is 4.74 Å². The molecule has 170 valence electrons. The molecular weight excluding hydrogens is 390 g/mol. The third-order valence-electron chi connectivity index (χ3n) is 11.4. The van der Waals surface area contributed by atoms with Gasteiger partial charge in [-0.05, 0) is 58.1 Å². The maximum absolute atomic E-state index is 12.9. The van der Waals surface area contributed by atoms with Crippen LogP contribution in [0, 0.1) is 5.41 Å². The highest BCUT2D eigenvalue weighted by atomic mass is 16.5. The van der Waals surface area contributed by atoms with E-state index in [0.29, 0.717) is 24.0 Å². The summed E-state index contributed by atoms with van der Waals surface area (Å²) in [4.78, 5) is 0. The van der Waals surface area contributed by atoms with Crippen LogP contribution >= 0.6 is 0 Å². The van der Waals surface area contributed by atoms with Gasteiger partial charge in [-0.15, -0.1) is 0 Å². The number of hydrogen-bond acceptors (Lipinski definition) is 4. The van der Waals surface area contributed by atoms with Gasteiger partial charge in [-0.1, -0.05) is 19.4 Å². The molecule has 1 saturated heterocycles. The number of likely N-dealkylation sites (tertiary alicyclic amines) is 1. The largest absolute Gasteiger partial charge is 0.504 e. The number of quaternary nitrogens is 1. The van der Waals surface area contributed by atoms with E-state index in [2.05, 4.69) is 20.9 Å². The normalized spacial score (nSPS) is 50.9. The molecule has 1 spiro atoms. The lowest BCUT2D eigenvalue weighted by atomic mass is 9.39. The zero-order valence-corrected chi connectivity index (χ0v) is 19.7. The Morgan fingerprint density at radius 1 is 1.00 bits per heavy atom. The molecule has 6 rings (SSSR count). The highest BCUT2D eigenvalue weighted by molar-refractivity contribution is 5.65. The molecule has 2 saturated carbocycles. The lowest BCUT2D eigenvalue weighted by molar-refractivity contribution is -0.980. The number of phenolic OH excluding ortho intramolecular Hbond substituents is 1. The van der Waals surface area contributed by atoms with Crippen molar-refractivity contribution in [2.45, 2.75) is 100 Å². The molecule has 2 aliphatic heterocycles. The minimum atomic E-state index is -1.10. The Labute approximate surface area is 185 Å². The fourth-order valence-electron chi connectivity index (χ4n) is 9.06. The Kier molecular flexibility index (Phi) is 3.45. The van der Waals surface area contributed by atoms with Gasteiger partial charge < -0.3 is 24.5 Å². The summed E-state index contributed by atoms with van der Waals surface area (Å²) in [5.74, 6) is 0.611. The van der Waals surface area contributed by atoms with E-state index < -0.39 is 27.8 Å². The number of ether oxygens (including phenoxy) is 1. The number of hydrogen-bond donors (Lipinski definition) is 3. The standard InChI is InChI=1S/C26H37NO4/c1-21(9-6-10-21)16-27(5)14-13-25-19-17-7-8-18(28)20(19)31-24(25,4)23(3,29)11-12-26(25,30)22(27,2)15-17/h7-8,29-30H,6,9-16H2,1-5H3/p+1. The average molecular weight is 429 g/mol. The van der Waals surface area contributed by atoms with Gasteiger partial charge in [0.15, 0.2) is 11.5 Å². The molecule has 5 heteroatoms. The number of rotatable bonds is 2. The first-order valence-corrected chi connectivity index (χ1v) is 12.1. The predicted octanol–water partition coefficient (Wildman–Crippen LogP) is 3.41. The summed E-state index contributed by atoms with van der Waals surface area (Å²) in [7, 11) is 2.36. The molecule has 31 heavy (non-hydrogen) atoms. The van der Waals surface area contributed by atoms with Gasteiger partial charge in [0.2, 0.25) is 0 Å². The molecule has 0 amide bonds. The molecule has 5 aliphatic rings. The summed E-state index contributed by atoms with van der Waals surface area (Å²) >= 11 is 0. The highest BCUT2D eigenvalue weighted by Gasteiger charge is 2.85. The molecule has 0 radical (unpaired) electrons. The third-order valence-corrected chi connectivity index (χ3v) is 11.4. The molecule has 6 atom stereocenters. The van der Waals surface area contributed by atoms with Crippen LogP contribution in [-0.2, 0) is 11.8 Å². The van der Waals surface area contributed by atoms with E-state index in [1.807, 2.05) is 19.9 Å². The molecule has 2 heterocycles. The van der Waals surface area contributed by atoms with Crippen LogP contribution < -0.4 is 4.74 Å². The van der Waals surface area contributed by atoms with Crippen LogP contribution in [0.5, 0.6) is 11.5 Å². The van der Waals surface area contributed by atoms with Gasteiger partial charge in [-0.2, -0.15) is 0 Å². The molecular formula is C26H38NO4+. The quantitative estimate of drug-likeness (QED) is 0.632. The van der Waals surface area contributed by atoms with E-state index in [1.54, 1.807) is 6.07 Å². The summed E-state index contributed by atoms with van der Waals surface area (Å²) < 4.78 is 7.41. The van der Waals surface area contributed by atoms with Crippen LogP contribution in [-0.4, -0.2) is 62.3 Å². The molecule has 3 aliphatic carbocycles. The van der Waals surface area contributed by atoms with Gasteiger partial charge in [-0.25, -0.2) is 0 Å². The number of phenols is 1. The maximum Gasteiger partial charge on any atom is 0.166 e. The second kappa shape index (κ2) is 5.26. The van der Waals surface area contributed by atoms with Crippen LogP contribution in [0.15, 0.2) is 12.1 Å². The Hall–Kier alpha value is -1.30. The molecule has 3 N–H and O–H groups in total. The van der Waals surface area contributed by atoms with Crippen LogP contribution in [0.25, 0.3) is 0 Å². The molecule has 6 unspecified atom stereocenters. The zero-order valence-electron chi connectivity index (χ0n) is 19.7. The number of aliphatic hydroxyl groups is 2. The lowest BCUT2D eigenvalue weighted by Crippen LogP contribution is -2.90. The number of piperidine rings is 1. The van der Waals surface area contributed by atoms with E-state index in [-0.39, 0.29) is 5.75 Å². The zero-order chi connectivity index (χ0) is 22.3. The first-order chi connectivity index (χ1) is 14.3. The summed E-state index contributed by atoms with van der Waals surface area (Å²) in [6, 6.07) is 3.77. The van der Waals surface area contributed by atoms with Crippen molar-refractivity contribution in [3.63, 3.8) is 0 Å². The summed E-state index contributed by atoms with van der Waals surface area (Å²) in [5, 5.41) is 35.3. The van der Waals surface area contributed by atoms with Gasteiger partial charge in [0.1, 0.15) is 22.3 Å². The monoisotopic (exact) mass is 428 g/mol. The maximum atomic E-state index is 12.9. The summed E-state index contributed by atoms with van der Waals surface area (Å²) in [6.07, 6.45) is 6.40. The van der Waals surface area contributed by atoms with Crippen molar-refractivity contribution in [1.29, 1.82) is 0 Å². The van der Waals surface area contributed by atoms with Crippen molar-refractivity contribution in [2.24, 2.45) is 5.41 Å².